The number of aliphatic hydroxyl groups is 1. The summed E-state index contributed by atoms with van der Waals surface area (Å²) in [4.78, 5) is 0. The normalized spacial score (nSPS) is 33.8. The highest BCUT2D eigenvalue weighted by atomic mass is 16.3. The summed E-state index contributed by atoms with van der Waals surface area (Å²) in [5.74, 6) is 0.624. The zero-order valence-electron chi connectivity index (χ0n) is 8.47. The average Bonchev–Trinajstić information content (AvgIpc) is 2.72. The standard InChI is InChI=1S/C11H22O/c1-3-5-6-7-8-11(12)9-10(11)4-2/h10,12H,3-9H2,1-2H3/t10-,11-/m1/s1. The fraction of sp³-hybridized carbons (Fsp3) is 1.00. The van der Waals surface area contributed by atoms with Gasteiger partial charge in [-0.2, -0.15) is 0 Å². The van der Waals surface area contributed by atoms with E-state index in [0.717, 1.165) is 19.3 Å². The van der Waals surface area contributed by atoms with Crippen LogP contribution in [0.3, 0.4) is 0 Å². The van der Waals surface area contributed by atoms with Gasteiger partial charge in [-0.25, -0.2) is 0 Å². The quantitative estimate of drug-likeness (QED) is 0.607. The largest absolute Gasteiger partial charge is 0.390 e. The predicted molar refractivity (Wildman–Crippen MR) is 52.1 cm³/mol. The molecule has 0 aromatic heterocycles. The van der Waals surface area contributed by atoms with Crippen molar-refractivity contribution < 1.29 is 5.11 Å². The Morgan fingerprint density at radius 3 is 2.50 bits per heavy atom. The molecule has 1 rings (SSSR count). The number of unbranched alkanes of at least 4 members (excludes halogenated alkanes) is 3. The lowest BCUT2D eigenvalue weighted by molar-refractivity contribution is 0.117. The third-order valence-corrected chi connectivity index (χ3v) is 3.16. The van der Waals surface area contributed by atoms with E-state index >= 15 is 0 Å². The van der Waals surface area contributed by atoms with Crippen molar-refractivity contribution in [3.8, 4) is 0 Å². The molecule has 0 spiro atoms. The van der Waals surface area contributed by atoms with Crippen molar-refractivity contribution in [1.29, 1.82) is 0 Å². The second kappa shape index (κ2) is 4.27. The molecule has 0 amide bonds. The van der Waals surface area contributed by atoms with Gasteiger partial charge in [-0.1, -0.05) is 46.0 Å². The first-order valence-electron chi connectivity index (χ1n) is 5.45. The molecular formula is C11H22O. The summed E-state index contributed by atoms with van der Waals surface area (Å²) in [6.07, 6.45) is 8.41. The van der Waals surface area contributed by atoms with Crippen LogP contribution in [0.15, 0.2) is 0 Å². The summed E-state index contributed by atoms with van der Waals surface area (Å²) >= 11 is 0. The van der Waals surface area contributed by atoms with Gasteiger partial charge in [-0.15, -0.1) is 0 Å². The second-order valence-corrected chi connectivity index (χ2v) is 4.22. The van der Waals surface area contributed by atoms with Crippen LogP contribution in [0.2, 0.25) is 0 Å². The molecule has 2 atom stereocenters. The van der Waals surface area contributed by atoms with Crippen molar-refractivity contribution in [2.24, 2.45) is 5.92 Å². The van der Waals surface area contributed by atoms with Gasteiger partial charge < -0.3 is 5.11 Å². The molecule has 12 heavy (non-hydrogen) atoms. The number of hydrogen-bond donors (Lipinski definition) is 1. The Morgan fingerprint density at radius 1 is 1.25 bits per heavy atom. The summed E-state index contributed by atoms with van der Waals surface area (Å²) in [7, 11) is 0. The zero-order valence-corrected chi connectivity index (χ0v) is 8.47. The minimum absolute atomic E-state index is 0.234. The van der Waals surface area contributed by atoms with Gasteiger partial charge in [0.2, 0.25) is 0 Å². The summed E-state index contributed by atoms with van der Waals surface area (Å²) in [5.41, 5.74) is -0.234. The van der Waals surface area contributed by atoms with Crippen molar-refractivity contribution in [3.05, 3.63) is 0 Å². The SMILES string of the molecule is CCCCCC[C@@]1(O)C[C@H]1CC. The van der Waals surface area contributed by atoms with E-state index in [1.165, 1.54) is 25.7 Å². The molecule has 1 heteroatoms. The molecule has 1 nitrogen and oxygen atoms in total. The first kappa shape index (κ1) is 10.0. The Kier molecular flexibility index (Phi) is 3.57. The van der Waals surface area contributed by atoms with Gasteiger partial charge in [-0.05, 0) is 18.8 Å². The van der Waals surface area contributed by atoms with Crippen molar-refractivity contribution >= 4 is 0 Å². The van der Waals surface area contributed by atoms with E-state index in [9.17, 15) is 5.11 Å². The molecule has 1 aliphatic rings. The van der Waals surface area contributed by atoms with Gasteiger partial charge in [0.25, 0.3) is 0 Å². The molecule has 1 fully saturated rings. The molecule has 0 unspecified atom stereocenters. The van der Waals surface area contributed by atoms with E-state index in [0.29, 0.717) is 5.92 Å². The van der Waals surface area contributed by atoms with Crippen LogP contribution in [0.5, 0.6) is 0 Å². The highest BCUT2D eigenvalue weighted by Gasteiger charge is 2.50. The molecule has 0 aliphatic heterocycles. The molecule has 1 N–H and O–H groups in total. The number of hydrogen-bond acceptors (Lipinski definition) is 1. The van der Waals surface area contributed by atoms with Crippen molar-refractivity contribution in [2.75, 3.05) is 0 Å². The monoisotopic (exact) mass is 170 g/mol. The molecule has 0 saturated heterocycles. The Morgan fingerprint density at radius 2 is 2.00 bits per heavy atom. The van der Waals surface area contributed by atoms with Gasteiger partial charge in [0.05, 0.1) is 5.60 Å². The third-order valence-electron chi connectivity index (χ3n) is 3.16. The molecule has 72 valence electrons. The maximum absolute atomic E-state index is 9.89. The molecule has 1 saturated carbocycles. The average molecular weight is 170 g/mol. The molecule has 0 bridgehead atoms. The van der Waals surface area contributed by atoms with Crippen LogP contribution in [-0.2, 0) is 0 Å². The first-order chi connectivity index (χ1) is 5.73. The lowest BCUT2D eigenvalue weighted by atomic mass is 10.1. The summed E-state index contributed by atoms with van der Waals surface area (Å²) in [6.45, 7) is 4.40. The van der Waals surface area contributed by atoms with Crippen LogP contribution in [0.4, 0.5) is 0 Å². The minimum Gasteiger partial charge on any atom is -0.390 e. The molecular weight excluding hydrogens is 148 g/mol. The van der Waals surface area contributed by atoms with Crippen molar-refractivity contribution in [2.45, 2.75) is 64.4 Å². The van der Waals surface area contributed by atoms with Crippen molar-refractivity contribution in [1.82, 2.24) is 0 Å². The van der Waals surface area contributed by atoms with Crippen molar-refractivity contribution in [3.63, 3.8) is 0 Å². The summed E-state index contributed by atoms with van der Waals surface area (Å²) < 4.78 is 0. The van der Waals surface area contributed by atoms with Crippen LogP contribution in [0.25, 0.3) is 0 Å². The van der Waals surface area contributed by atoms with E-state index in [2.05, 4.69) is 13.8 Å². The molecule has 0 radical (unpaired) electrons. The lowest BCUT2D eigenvalue weighted by Gasteiger charge is -2.08. The third kappa shape index (κ3) is 2.48. The maximum Gasteiger partial charge on any atom is 0.0680 e. The topological polar surface area (TPSA) is 20.2 Å². The number of rotatable bonds is 6. The van der Waals surface area contributed by atoms with E-state index in [4.69, 9.17) is 0 Å². The van der Waals surface area contributed by atoms with Crippen LogP contribution >= 0.6 is 0 Å². The van der Waals surface area contributed by atoms with Crippen LogP contribution in [0.1, 0.15) is 58.8 Å². The van der Waals surface area contributed by atoms with E-state index in [1.54, 1.807) is 0 Å². The Labute approximate surface area is 76.2 Å². The summed E-state index contributed by atoms with van der Waals surface area (Å²) in [5, 5.41) is 9.89. The van der Waals surface area contributed by atoms with E-state index < -0.39 is 0 Å². The Hall–Kier alpha value is -0.0400. The Balaban J connectivity index is 2.01. The lowest BCUT2D eigenvalue weighted by Crippen LogP contribution is -2.10. The fourth-order valence-corrected chi connectivity index (χ4v) is 2.06. The fourth-order valence-electron chi connectivity index (χ4n) is 2.06. The highest BCUT2D eigenvalue weighted by Crippen LogP contribution is 2.48. The van der Waals surface area contributed by atoms with Gasteiger partial charge >= 0.3 is 0 Å². The minimum atomic E-state index is -0.234. The predicted octanol–water partition coefficient (Wildman–Crippen LogP) is 3.12. The molecule has 0 aromatic carbocycles. The zero-order chi connectivity index (χ0) is 9.03. The molecule has 1 aliphatic carbocycles. The highest BCUT2D eigenvalue weighted by molar-refractivity contribution is 5.02. The van der Waals surface area contributed by atoms with E-state index in [1.807, 2.05) is 0 Å². The molecule has 0 heterocycles. The van der Waals surface area contributed by atoms with Gasteiger partial charge in [0.15, 0.2) is 0 Å². The second-order valence-electron chi connectivity index (χ2n) is 4.22. The molecule has 0 aromatic rings. The van der Waals surface area contributed by atoms with Gasteiger partial charge in [-0.3, -0.25) is 0 Å². The summed E-state index contributed by atoms with van der Waals surface area (Å²) in [6, 6.07) is 0. The van der Waals surface area contributed by atoms with Gasteiger partial charge in [0.1, 0.15) is 0 Å². The van der Waals surface area contributed by atoms with Crippen LogP contribution < -0.4 is 0 Å². The van der Waals surface area contributed by atoms with E-state index in [-0.39, 0.29) is 5.60 Å². The first-order valence-corrected chi connectivity index (χ1v) is 5.45. The van der Waals surface area contributed by atoms with Crippen LogP contribution in [0, 0.1) is 5.92 Å². The van der Waals surface area contributed by atoms with Gasteiger partial charge in [0, 0.05) is 0 Å². The van der Waals surface area contributed by atoms with Crippen LogP contribution in [-0.4, -0.2) is 10.7 Å². The smallest absolute Gasteiger partial charge is 0.0680 e. The Bertz CT molecular complexity index is 133. The maximum atomic E-state index is 9.89.